The van der Waals surface area contributed by atoms with Crippen LogP contribution in [-0.4, -0.2) is 47.2 Å². The van der Waals surface area contributed by atoms with E-state index in [1.54, 1.807) is 10.9 Å². The summed E-state index contributed by atoms with van der Waals surface area (Å²) in [5.74, 6) is -2.32. The quantitative estimate of drug-likeness (QED) is 0.109. The summed E-state index contributed by atoms with van der Waals surface area (Å²) >= 11 is 0. The van der Waals surface area contributed by atoms with Crippen molar-refractivity contribution in [2.45, 2.75) is 100.0 Å². The summed E-state index contributed by atoms with van der Waals surface area (Å²) in [6.07, 6.45) is 6.04. The van der Waals surface area contributed by atoms with Gasteiger partial charge in [-0.1, -0.05) is 94.3 Å². The molecule has 2 aliphatic rings. The molecule has 1 fully saturated rings. The zero-order valence-electron chi connectivity index (χ0n) is 28.2. The number of ether oxygens (including phenoxy) is 1. The Bertz CT molecular complexity index is 1940. The third-order valence-corrected chi connectivity index (χ3v) is 12.4. The summed E-state index contributed by atoms with van der Waals surface area (Å²) in [6.45, 7) is 2.45. The van der Waals surface area contributed by atoms with E-state index in [-0.39, 0.29) is 25.0 Å². The van der Waals surface area contributed by atoms with Crippen LogP contribution in [0.1, 0.15) is 87.8 Å². The molecule has 6 rings (SSSR count). The number of hydrogen-bond acceptors (Lipinski definition) is 5. The van der Waals surface area contributed by atoms with Gasteiger partial charge in [0, 0.05) is 24.8 Å². The van der Waals surface area contributed by atoms with E-state index in [2.05, 4.69) is 24.2 Å². The number of carbonyl (C=O) groups is 1. The van der Waals surface area contributed by atoms with Gasteiger partial charge in [-0.2, -0.15) is 18.3 Å². The number of aliphatic carboxylic acids is 1. The van der Waals surface area contributed by atoms with E-state index >= 15 is 0 Å². The highest BCUT2D eigenvalue weighted by Crippen LogP contribution is 2.43. The molecule has 1 aromatic heterocycles. The second-order valence-electron chi connectivity index (χ2n) is 13.5. The fourth-order valence-corrected chi connectivity index (χ4v) is 9.44. The summed E-state index contributed by atoms with van der Waals surface area (Å²) in [4.78, 5) is 11.2. The number of carboxylic acid groups (broad SMARTS) is 1. The van der Waals surface area contributed by atoms with Gasteiger partial charge in [-0.25, -0.2) is 13.1 Å². The first-order chi connectivity index (χ1) is 24.0. The van der Waals surface area contributed by atoms with E-state index in [1.165, 1.54) is 43.5 Å². The maximum atomic E-state index is 14.5. The molecule has 3 atom stereocenters. The number of hydrogen-bond donors (Lipinski definition) is 1. The van der Waals surface area contributed by atoms with Crippen molar-refractivity contribution in [1.29, 1.82) is 0 Å². The second-order valence-corrected chi connectivity index (χ2v) is 15.7. The largest absolute Gasteiger partial charge is 0.481 e. The van der Waals surface area contributed by atoms with Crippen LogP contribution in [0.5, 0.6) is 0 Å². The molecule has 4 aromatic rings. The van der Waals surface area contributed by atoms with Crippen molar-refractivity contribution < 1.29 is 36.2 Å². The van der Waals surface area contributed by atoms with Gasteiger partial charge in [0.25, 0.3) is 0 Å². The van der Waals surface area contributed by atoms with Crippen LogP contribution in [0.25, 0.3) is 27.9 Å². The maximum Gasteiger partial charge on any atom is 0.417 e. The average molecular weight is 709 g/mol. The number of carboxylic acids is 1. The molecule has 7 nitrogen and oxygen atoms in total. The number of rotatable bonds is 15. The van der Waals surface area contributed by atoms with E-state index in [0.717, 1.165) is 53.8 Å². The van der Waals surface area contributed by atoms with E-state index in [1.807, 2.05) is 30.3 Å². The monoisotopic (exact) mass is 708 g/mol. The topological polar surface area (TPSA) is 98.5 Å². The van der Waals surface area contributed by atoms with Gasteiger partial charge in [-0.05, 0) is 65.3 Å². The molecule has 11 heteroatoms. The molecule has 0 aliphatic heterocycles. The van der Waals surface area contributed by atoms with Crippen molar-refractivity contribution >= 4 is 15.8 Å². The van der Waals surface area contributed by atoms with Crippen LogP contribution in [0.15, 0.2) is 78.0 Å². The standard InChI is InChI=1S/C39H43F3N2O5S/c1-2-3-4-5-6-7-8-11-19-49-36-23-29(22-33(36)38(45)46)50(47,48)37-18-17-26(21-34(37)39(40,41)42)28-24-43-44(25-28)35-16-12-15-31-30-14-10-9-13-27(30)20-32(31)35/h9-10,12-18,21,24-25,29,33,36H,2-8,11,19-20,22-23H2,1H3,(H,45,46)/t29-,33-,36-/m0/s1. The minimum absolute atomic E-state index is 0.166. The van der Waals surface area contributed by atoms with Crippen molar-refractivity contribution in [2.24, 2.45) is 5.92 Å². The molecule has 3 aromatic carbocycles. The van der Waals surface area contributed by atoms with Crippen LogP contribution in [-0.2, 0) is 32.0 Å². The highest BCUT2D eigenvalue weighted by Gasteiger charge is 2.48. The highest BCUT2D eigenvalue weighted by atomic mass is 32.2. The molecule has 1 heterocycles. The minimum atomic E-state index is -4.97. The minimum Gasteiger partial charge on any atom is -0.481 e. The number of unbranched alkanes of at least 4 members (excludes halogenated alkanes) is 7. The molecule has 1 saturated carbocycles. The van der Waals surface area contributed by atoms with Gasteiger partial charge >= 0.3 is 12.1 Å². The lowest BCUT2D eigenvalue weighted by atomic mass is 10.0. The number of alkyl halides is 3. The zero-order valence-corrected chi connectivity index (χ0v) is 29.0. The molecule has 0 spiro atoms. The number of nitrogens with zero attached hydrogens (tertiary/aromatic N) is 2. The van der Waals surface area contributed by atoms with E-state index in [4.69, 9.17) is 4.74 Å². The van der Waals surface area contributed by atoms with Gasteiger partial charge < -0.3 is 9.84 Å². The lowest BCUT2D eigenvalue weighted by Crippen LogP contribution is -2.25. The molecule has 0 saturated heterocycles. The van der Waals surface area contributed by atoms with Crippen LogP contribution in [0.4, 0.5) is 13.2 Å². The fourth-order valence-electron chi connectivity index (χ4n) is 7.44. The van der Waals surface area contributed by atoms with Gasteiger partial charge in [0.2, 0.25) is 0 Å². The fraction of sp³-hybridized carbons (Fsp3) is 0.436. The van der Waals surface area contributed by atoms with Crippen molar-refractivity contribution in [3.8, 4) is 27.9 Å². The number of benzene rings is 3. The first-order valence-corrected chi connectivity index (χ1v) is 19.1. The number of fused-ring (bicyclic) bond motifs is 3. The van der Waals surface area contributed by atoms with Gasteiger partial charge in [-0.15, -0.1) is 0 Å². The van der Waals surface area contributed by atoms with Crippen LogP contribution in [0, 0.1) is 5.92 Å². The summed E-state index contributed by atoms with van der Waals surface area (Å²) in [6, 6.07) is 17.2. The van der Waals surface area contributed by atoms with Crippen LogP contribution in [0.2, 0.25) is 0 Å². The van der Waals surface area contributed by atoms with Gasteiger partial charge in [-0.3, -0.25) is 4.79 Å². The molecule has 0 radical (unpaired) electrons. The predicted octanol–water partition coefficient (Wildman–Crippen LogP) is 9.29. The van der Waals surface area contributed by atoms with Crippen molar-refractivity contribution in [3.05, 3.63) is 89.7 Å². The Labute approximate surface area is 291 Å². The molecule has 0 unspecified atom stereocenters. The lowest BCUT2D eigenvalue weighted by molar-refractivity contribution is -0.146. The molecular formula is C39H43F3N2O5S. The first kappa shape index (κ1) is 35.9. The SMILES string of the molecule is CCCCCCCCCCO[C@H]1C[C@@H](S(=O)(=O)c2ccc(-c3cnn(-c4cccc5c4Cc4ccccc4-5)c3)cc2C(F)(F)F)C[C@@H]1C(=O)O. The van der Waals surface area contributed by atoms with E-state index in [0.29, 0.717) is 18.4 Å². The Kier molecular flexibility index (Phi) is 10.8. The normalized spacial score (nSPS) is 18.7. The van der Waals surface area contributed by atoms with Crippen molar-refractivity contribution in [2.75, 3.05) is 6.61 Å². The van der Waals surface area contributed by atoms with Crippen LogP contribution < -0.4 is 0 Å². The maximum absolute atomic E-state index is 14.5. The van der Waals surface area contributed by atoms with Crippen molar-refractivity contribution in [3.63, 3.8) is 0 Å². The first-order valence-electron chi connectivity index (χ1n) is 17.5. The van der Waals surface area contributed by atoms with Crippen LogP contribution >= 0.6 is 0 Å². The Balaban J connectivity index is 1.18. The summed E-state index contributed by atoms with van der Waals surface area (Å²) in [5, 5.41) is 13.0. The smallest absolute Gasteiger partial charge is 0.417 e. The molecule has 266 valence electrons. The third-order valence-electron chi connectivity index (χ3n) is 10.1. The number of aromatic nitrogens is 2. The average Bonchev–Trinajstić information content (AvgIpc) is 3.84. The Morgan fingerprint density at radius 3 is 2.38 bits per heavy atom. The lowest BCUT2D eigenvalue weighted by Gasteiger charge is -2.18. The van der Waals surface area contributed by atoms with Gasteiger partial charge in [0.15, 0.2) is 9.84 Å². The molecule has 0 bridgehead atoms. The molecule has 50 heavy (non-hydrogen) atoms. The molecular weight excluding hydrogens is 665 g/mol. The van der Waals surface area contributed by atoms with Gasteiger partial charge in [0.1, 0.15) is 0 Å². The van der Waals surface area contributed by atoms with Crippen molar-refractivity contribution in [1.82, 2.24) is 9.78 Å². The van der Waals surface area contributed by atoms with Gasteiger partial charge in [0.05, 0.1) is 39.6 Å². The van der Waals surface area contributed by atoms with E-state index < -0.39 is 49.7 Å². The Hall–Kier alpha value is -3.96. The summed E-state index contributed by atoms with van der Waals surface area (Å²) in [7, 11) is -4.56. The Morgan fingerprint density at radius 2 is 1.64 bits per heavy atom. The third kappa shape index (κ3) is 7.54. The summed E-state index contributed by atoms with van der Waals surface area (Å²) < 4.78 is 78.8. The molecule has 1 N–H and O–H groups in total. The number of halogens is 3. The second kappa shape index (κ2) is 15.1. The number of sulfone groups is 1. The predicted molar refractivity (Wildman–Crippen MR) is 186 cm³/mol. The molecule has 2 aliphatic carbocycles. The Morgan fingerprint density at radius 1 is 0.920 bits per heavy atom. The summed E-state index contributed by atoms with van der Waals surface area (Å²) in [5.41, 5.74) is 4.57. The van der Waals surface area contributed by atoms with E-state index in [9.17, 15) is 31.5 Å². The molecule has 0 amide bonds. The zero-order chi connectivity index (χ0) is 35.5. The van der Waals surface area contributed by atoms with Crippen LogP contribution in [0.3, 0.4) is 0 Å². The highest BCUT2D eigenvalue weighted by molar-refractivity contribution is 7.92.